The molecule has 0 radical (unpaired) electrons. The third-order valence-corrected chi connectivity index (χ3v) is 2.23. The van der Waals surface area contributed by atoms with Gasteiger partial charge in [-0.2, -0.15) is 0 Å². The Bertz CT molecular complexity index is 288. The van der Waals surface area contributed by atoms with Crippen molar-refractivity contribution in [1.29, 1.82) is 0 Å². The predicted octanol–water partition coefficient (Wildman–Crippen LogP) is -0.604. The Labute approximate surface area is 88.2 Å². The number of hydrogen-bond acceptors (Lipinski definition) is 5. The van der Waals surface area contributed by atoms with E-state index >= 15 is 0 Å². The number of rotatable bonds is 5. The number of nitrogen functional groups attached to an aromatic ring is 1. The molecular formula is C10H16N2O3. The van der Waals surface area contributed by atoms with Crippen LogP contribution >= 0.6 is 0 Å². The molecule has 0 spiro atoms. The van der Waals surface area contributed by atoms with Gasteiger partial charge in [0.05, 0.1) is 19.8 Å². The second-order valence-electron chi connectivity index (χ2n) is 3.50. The van der Waals surface area contributed by atoms with Crippen LogP contribution in [0.1, 0.15) is 0 Å². The average Bonchev–Trinajstić information content (AvgIpc) is 2.29. The summed E-state index contributed by atoms with van der Waals surface area (Å²) in [5, 5.41) is 30.1. The molecular weight excluding hydrogens is 196 g/mol. The first-order chi connectivity index (χ1) is 7.15. The Morgan fingerprint density at radius 2 is 1.47 bits per heavy atom. The summed E-state index contributed by atoms with van der Waals surface area (Å²) < 4.78 is 0. The molecule has 84 valence electrons. The van der Waals surface area contributed by atoms with Gasteiger partial charge in [0.25, 0.3) is 0 Å². The van der Waals surface area contributed by atoms with Gasteiger partial charge in [-0.15, -0.1) is 0 Å². The summed E-state index contributed by atoms with van der Waals surface area (Å²) in [7, 11) is 0. The zero-order valence-electron chi connectivity index (χ0n) is 8.35. The van der Waals surface area contributed by atoms with Crippen molar-refractivity contribution in [1.82, 2.24) is 0 Å². The van der Waals surface area contributed by atoms with E-state index in [0.29, 0.717) is 11.4 Å². The zero-order chi connectivity index (χ0) is 11.3. The van der Waals surface area contributed by atoms with Gasteiger partial charge >= 0.3 is 0 Å². The van der Waals surface area contributed by atoms with Crippen molar-refractivity contribution in [3.05, 3.63) is 24.3 Å². The predicted molar refractivity (Wildman–Crippen MR) is 58.5 cm³/mol. The van der Waals surface area contributed by atoms with Crippen molar-refractivity contribution in [2.75, 3.05) is 30.9 Å². The van der Waals surface area contributed by atoms with Gasteiger partial charge in [0.1, 0.15) is 5.54 Å². The lowest BCUT2D eigenvalue weighted by molar-refractivity contribution is 0.0834. The Hall–Kier alpha value is -1.30. The number of nitrogens with one attached hydrogen (secondary N) is 1. The first-order valence-corrected chi connectivity index (χ1v) is 4.62. The SMILES string of the molecule is Nc1ccc(NC(CO)(CO)CO)cc1. The van der Waals surface area contributed by atoms with Crippen LogP contribution in [0, 0.1) is 0 Å². The molecule has 6 N–H and O–H groups in total. The minimum Gasteiger partial charge on any atom is -0.399 e. The number of nitrogens with two attached hydrogens (primary N) is 1. The van der Waals surface area contributed by atoms with Gasteiger partial charge in [-0.05, 0) is 24.3 Å². The van der Waals surface area contributed by atoms with E-state index < -0.39 is 5.54 Å². The summed E-state index contributed by atoms with van der Waals surface area (Å²) in [6.07, 6.45) is 0. The van der Waals surface area contributed by atoms with E-state index in [1.54, 1.807) is 24.3 Å². The number of aliphatic hydroxyl groups is 3. The lowest BCUT2D eigenvalue weighted by Crippen LogP contribution is -2.49. The third kappa shape index (κ3) is 2.82. The molecule has 0 aliphatic carbocycles. The summed E-state index contributed by atoms with van der Waals surface area (Å²) in [6, 6.07) is 6.81. The lowest BCUT2D eigenvalue weighted by Gasteiger charge is -2.29. The standard InChI is InChI=1S/C10H16N2O3/c11-8-1-3-9(4-2-8)12-10(5-13,6-14)7-15/h1-4,12-15H,5-7,11H2. The number of aliphatic hydroxyl groups excluding tert-OH is 3. The fourth-order valence-electron chi connectivity index (χ4n) is 1.14. The van der Waals surface area contributed by atoms with Crippen LogP contribution in [0.15, 0.2) is 24.3 Å². The fourth-order valence-corrected chi connectivity index (χ4v) is 1.14. The topological polar surface area (TPSA) is 98.7 Å². The minimum atomic E-state index is -1.10. The molecule has 0 aromatic heterocycles. The van der Waals surface area contributed by atoms with Gasteiger partial charge in [0, 0.05) is 11.4 Å². The molecule has 5 nitrogen and oxygen atoms in total. The Kier molecular flexibility index (Phi) is 3.90. The molecule has 1 aromatic rings. The molecule has 1 aromatic carbocycles. The van der Waals surface area contributed by atoms with Crippen molar-refractivity contribution >= 4 is 11.4 Å². The highest BCUT2D eigenvalue weighted by Crippen LogP contribution is 2.16. The number of hydrogen-bond donors (Lipinski definition) is 5. The Morgan fingerprint density at radius 3 is 1.87 bits per heavy atom. The van der Waals surface area contributed by atoms with E-state index in [4.69, 9.17) is 21.1 Å². The van der Waals surface area contributed by atoms with Crippen LogP contribution in [0.5, 0.6) is 0 Å². The Morgan fingerprint density at radius 1 is 1.00 bits per heavy atom. The summed E-state index contributed by atoms with van der Waals surface area (Å²) in [5.41, 5.74) is 5.72. The van der Waals surface area contributed by atoms with Crippen molar-refractivity contribution in [3.8, 4) is 0 Å². The maximum atomic E-state index is 9.09. The van der Waals surface area contributed by atoms with Crippen LogP contribution in [0.3, 0.4) is 0 Å². The van der Waals surface area contributed by atoms with E-state index in [9.17, 15) is 0 Å². The normalized spacial score (nSPS) is 11.4. The average molecular weight is 212 g/mol. The van der Waals surface area contributed by atoms with Gasteiger partial charge in [-0.3, -0.25) is 0 Å². The van der Waals surface area contributed by atoms with Crippen LogP contribution in [0.4, 0.5) is 11.4 Å². The molecule has 0 bridgehead atoms. The van der Waals surface area contributed by atoms with Crippen LogP contribution < -0.4 is 11.1 Å². The lowest BCUT2D eigenvalue weighted by atomic mass is 10.0. The highest BCUT2D eigenvalue weighted by Gasteiger charge is 2.27. The summed E-state index contributed by atoms with van der Waals surface area (Å²) >= 11 is 0. The van der Waals surface area contributed by atoms with Crippen LogP contribution in [0.25, 0.3) is 0 Å². The minimum absolute atomic E-state index is 0.357. The quantitative estimate of drug-likeness (QED) is 0.420. The first-order valence-electron chi connectivity index (χ1n) is 4.62. The van der Waals surface area contributed by atoms with Gasteiger partial charge in [0.2, 0.25) is 0 Å². The van der Waals surface area contributed by atoms with Crippen molar-refractivity contribution in [2.24, 2.45) is 0 Å². The van der Waals surface area contributed by atoms with E-state index in [-0.39, 0.29) is 19.8 Å². The molecule has 0 amide bonds. The molecule has 15 heavy (non-hydrogen) atoms. The highest BCUT2D eigenvalue weighted by atomic mass is 16.3. The third-order valence-electron chi connectivity index (χ3n) is 2.23. The van der Waals surface area contributed by atoms with Crippen molar-refractivity contribution < 1.29 is 15.3 Å². The molecule has 0 saturated heterocycles. The van der Waals surface area contributed by atoms with Gasteiger partial charge in [0.15, 0.2) is 0 Å². The fraction of sp³-hybridized carbons (Fsp3) is 0.400. The molecule has 1 rings (SSSR count). The Balaban J connectivity index is 2.78. The maximum Gasteiger partial charge on any atom is 0.107 e. The molecule has 5 heteroatoms. The van der Waals surface area contributed by atoms with E-state index in [1.165, 1.54) is 0 Å². The maximum absolute atomic E-state index is 9.09. The second-order valence-corrected chi connectivity index (χ2v) is 3.50. The molecule has 0 aliphatic rings. The summed E-state index contributed by atoms with van der Waals surface area (Å²) in [6.45, 7) is -1.07. The van der Waals surface area contributed by atoms with Gasteiger partial charge in [-0.25, -0.2) is 0 Å². The molecule has 0 unspecified atom stereocenters. The van der Waals surface area contributed by atoms with Crippen LogP contribution in [-0.4, -0.2) is 40.7 Å². The van der Waals surface area contributed by atoms with E-state index in [0.717, 1.165) is 0 Å². The van der Waals surface area contributed by atoms with E-state index in [2.05, 4.69) is 5.32 Å². The number of benzene rings is 1. The monoisotopic (exact) mass is 212 g/mol. The summed E-state index contributed by atoms with van der Waals surface area (Å²) in [5.74, 6) is 0. The van der Waals surface area contributed by atoms with Crippen LogP contribution in [0.2, 0.25) is 0 Å². The van der Waals surface area contributed by atoms with Crippen LogP contribution in [-0.2, 0) is 0 Å². The smallest absolute Gasteiger partial charge is 0.107 e. The van der Waals surface area contributed by atoms with E-state index in [1.807, 2.05) is 0 Å². The molecule has 0 saturated carbocycles. The zero-order valence-corrected chi connectivity index (χ0v) is 8.35. The molecule has 0 aliphatic heterocycles. The summed E-state index contributed by atoms with van der Waals surface area (Å²) in [4.78, 5) is 0. The number of anilines is 2. The van der Waals surface area contributed by atoms with Crippen molar-refractivity contribution in [2.45, 2.75) is 5.54 Å². The molecule has 0 atom stereocenters. The molecule has 0 fully saturated rings. The molecule has 0 heterocycles. The van der Waals surface area contributed by atoms with Gasteiger partial charge < -0.3 is 26.4 Å². The van der Waals surface area contributed by atoms with Gasteiger partial charge in [-0.1, -0.05) is 0 Å². The highest BCUT2D eigenvalue weighted by molar-refractivity contribution is 5.52. The second kappa shape index (κ2) is 4.97. The largest absolute Gasteiger partial charge is 0.399 e. The first kappa shape index (κ1) is 11.8. The van der Waals surface area contributed by atoms with Crippen molar-refractivity contribution in [3.63, 3.8) is 0 Å².